The summed E-state index contributed by atoms with van der Waals surface area (Å²) >= 11 is 0. The molecule has 1 aromatic heterocycles. The minimum atomic E-state index is -3.46. The zero-order chi connectivity index (χ0) is 13.5. The van der Waals surface area contributed by atoms with Crippen LogP contribution in [0.1, 0.15) is 19.8 Å². The van der Waals surface area contributed by atoms with Crippen molar-refractivity contribution in [2.45, 2.75) is 30.7 Å². The van der Waals surface area contributed by atoms with Crippen LogP contribution in [0, 0.1) is 5.92 Å². The molecular weight excluding hydrogens is 260 g/mol. The van der Waals surface area contributed by atoms with Crippen molar-refractivity contribution >= 4 is 20.8 Å². The van der Waals surface area contributed by atoms with Gasteiger partial charge in [0.15, 0.2) is 0 Å². The summed E-state index contributed by atoms with van der Waals surface area (Å²) in [5.74, 6) is 0.613. The third kappa shape index (κ3) is 2.35. The van der Waals surface area contributed by atoms with E-state index in [0.29, 0.717) is 16.2 Å². The molecule has 19 heavy (non-hydrogen) atoms. The van der Waals surface area contributed by atoms with Crippen LogP contribution in [0.25, 0.3) is 10.8 Å². The molecule has 1 aliphatic rings. The topological polar surface area (TPSA) is 59.1 Å². The lowest BCUT2D eigenvalue weighted by Gasteiger charge is -2.33. The number of nitrogens with zero attached hydrogens (tertiary/aromatic N) is 1. The molecule has 1 aromatic carbocycles. The SMILES string of the molecule is CC1CC(NS(=O)(=O)c2cccc3ccncc23)C1. The molecule has 1 N–H and O–H groups in total. The van der Waals surface area contributed by atoms with Crippen LogP contribution in [-0.4, -0.2) is 19.4 Å². The average Bonchev–Trinajstić information content (AvgIpc) is 2.36. The molecule has 0 amide bonds. The van der Waals surface area contributed by atoms with Crippen molar-refractivity contribution in [1.29, 1.82) is 0 Å². The van der Waals surface area contributed by atoms with Gasteiger partial charge in [0.1, 0.15) is 0 Å². The number of sulfonamides is 1. The maximum atomic E-state index is 12.4. The Morgan fingerprint density at radius 1 is 1.26 bits per heavy atom. The van der Waals surface area contributed by atoms with E-state index in [0.717, 1.165) is 18.2 Å². The third-order valence-corrected chi connectivity index (χ3v) is 5.21. The second-order valence-corrected chi connectivity index (χ2v) is 6.93. The summed E-state index contributed by atoms with van der Waals surface area (Å²) in [6.07, 6.45) is 5.11. The minimum Gasteiger partial charge on any atom is -0.264 e. The summed E-state index contributed by atoms with van der Waals surface area (Å²) in [5, 5.41) is 1.56. The lowest BCUT2D eigenvalue weighted by atomic mass is 9.83. The number of nitrogens with one attached hydrogen (secondary N) is 1. The molecule has 1 aliphatic carbocycles. The van der Waals surface area contributed by atoms with Crippen molar-refractivity contribution < 1.29 is 8.42 Å². The number of pyridine rings is 1. The first-order chi connectivity index (χ1) is 9.06. The highest BCUT2D eigenvalue weighted by Gasteiger charge is 2.30. The molecule has 0 radical (unpaired) electrons. The van der Waals surface area contributed by atoms with Crippen LogP contribution >= 0.6 is 0 Å². The summed E-state index contributed by atoms with van der Waals surface area (Å²) in [7, 11) is -3.46. The molecule has 4 nitrogen and oxygen atoms in total. The Morgan fingerprint density at radius 3 is 2.79 bits per heavy atom. The van der Waals surface area contributed by atoms with Gasteiger partial charge in [0.05, 0.1) is 4.90 Å². The highest BCUT2D eigenvalue weighted by molar-refractivity contribution is 7.89. The van der Waals surface area contributed by atoms with Crippen LogP contribution < -0.4 is 4.72 Å². The molecule has 0 unspecified atom stereocenters. The molecule has 100 valence electrons. The highest BCUT2D eigenvalue weighted by Crippen LogP contribution is 2.29. The predicted molar refractivity (Wildman–Crippen MR) is 74.3 cm³/mol. The monoisotopic (exact) mass is 276 g/mol. The van der Waals surface area contributed by atoms with Crippen LogP contribution in [0.4, 0.5) is 0 Å². The molecule has 5 heteroatoms. The van der Waals surface area contributed by atoms with E-state index < -0.39 is 10.0 Å². The van der Waals surface area contributed by atoms with Crippen molar-refractivity contribution in [3.8, 4) is 0 Å². The summed E-state index contributed by atoms with van der Waals surface area (Å²) in [6, 6.07) is 7.18. The normalized spacial score (nSPS) is 23.2. The van der Waals surface area contributed by atoms with Gasteiger partial charge in [-0.3, -0.25) is 4.98 Å². The fourth-order valence-corrected chi connectivity index (χ4v) is 4.08. The first-order valence-corrected chi connectivity index (χ1v) is 7.89. The Morgan fingerprint density at radius 2 is 2.05 bits per heavy atom. The minimum absolute atomic E-state index is 0.0759. The zero-order valence-electron chi connectivity index (χ0n) is 10.7. The van der Waals surface area contributed by atoms with E-state index in [4.69, 9.17) is 0 Å². The summed E-state index contributed by atoms with van der Waals surface area (Å²) in [5.41, 5.74) is 0. The number of rotatable bonds is 3. The lowest BCUT2D eigenvalue weighted by Crippen LogP contribution is -2.43. The Kier molecular flexibility index (Phi) is 3.03. The molecule has 1 heterocycles. The largest absolute Gasteiger partial charge is 0.264 e. The smallest absolute Gasteiger partial charge is 0.241 e. The van der Waals surface area contributed by atoms with Gasteiger partial charge in [-0.25, -0.2) is 13.1 Å². The predicted octanol–water partition coefficient (Wildman–Crippen LogP) is 2.31. The van der Waals surface area contributed by atoms with Crippen molar-refractivity contribution in [2.24, 2.45) is 5.92 Å². The van der Waals surface area contributed by atoms with Crippen LogP contribution in [0.15, 0.2) is 41.6 Å². The highest BCUT2D eigenvalue weighted by atomic mass is 32.2. The maximum absolute atomic E-state index is 12.4. The van der Waals surface area contributed by atoms with Crippen molar-refractivity contribution in [3.63, 3.8) is 0 Å². The van der Waals surface area contributed by atoms with E-state index in [2.05, 4.69) is 16.6 Å². The molecule has 1 saturated carbocycles. The van der Waals surface area contributed by atoms with E-state index in [1.165, 1.54) is 0 Å². The van der Waals surface area contributed by atoms with Crippen LogP contribution in [0.2, 0.25) is 0 Å². The quantitative estimate of drug-likeness (QED) is 0.936. The first kappa shape index (κ1) is 12.6. The first-order valence-electron chi connectivity index (χ1n) is 6.41. The molecule has 1 fully saturated rings. The fraction of sp³-hybridized carbons (Fsp3) is 0.357. The maximum Gasteiger partial charge on any atom is 0.241 e. The fourth-order valence-electron chi connectivity index (χ4n) is 2.60. The Bertz CT molecular complexity index is 701. The molecule has 0 aliphatic heterocycles. The molecule has 2 aromatic rings. The van der Waals surface area contributed by atoms with E-state index in [-0.39, 0.29) is 6.04 Å². The van der Waals surface area contributed by atoms with E-state index in [9.17, 15) is 8.42 Å². The Labute approximate surface area is 112 Å². The van der Waals surface area contributed by atoms with E-state index in [1.807, 2.05) is 12.1 Å². The molecule has 0 saturated heterocycles. The van der Waals surface area contributed by atoms with Crippen LogP contribution in [-0.2, 0) is 10.0 Å². The summed E-state index contributed by atoms with van der Waals surface area (Å²) < 4.78 is 27.6. The molecule has 0 atom stereocenters. The average molecular weight is 276 g/mol. The zero-order valence-corrected chi connectivity index (χ0v) is 11.5. The van der Waals surface area contributed by atoms with Crippen LogP contribution in [0.3, 0.4) is 0 Å². The van der Waals surface area contributed by atoms with Crippen molar-refractivity contribution in [1.82, 2.24) is 9.71 Å². The Balaban J connectivity index is 1.99. The van der Waals surface area contributed by atoms with Crippen molar-refractivity contribution in [2.75, 3.05) is 0 Å². The number of aromatic nitrogens is 1. The van der Waals surface area contributed by atoms with Crippen molar-refractivity contribution in [3.05, 3.63) is 36.7 Å². The molecular formula is C14H16N2O2S. The van der Waals surface area contributed by atoms with Gasteiger partial charge in [0.2, 0.25) is 10.0 Å². The molecule has 0 spiro atoms. The Hall–Kier alpha value is -1.46. The van der Waals surface area contributed by atoms with Gasteiger partial charge in [0, 0.05) is 23.8 Å². The second kappa shape index (κ2) is 4.58. The van der Waals surface area contributed by atoms with Gasteiger partial charge >= 0.3 is 0 Å². The van der Waals surface area contributed by atoms with E-state index in [1.54, 1.807) is 24.5 Å². The van der Waals surface area contributed by atoms with Gasteiger partial charge in [-0.1, -0.05) is 19.1 Å². The van der Waals surface area contributed by atoms with Crippen LogP contribution in [0.5, 0.6) is 0 Å². The van der Waals surface area contributed by atoms with Gasteiger partial charge in [-0.2, -0.15) is 0 Å². The molecule has 3 rings (SSSR count). The van der Waals surface area contributed by atoms with Gasteiger partial charge in [0.25, 0.3) is 0 Å². The standard InChI is InChI=1S/C14H16N2O2S/c1-10-7-12(8-10)16-19(17,18)14-4-2-3-11-5-6-15-9-13(11)14/h2-6,9-10,12,16H,7-8H2,1H3. The van der Waals surface area contributed by atoms with E-state index >= 15 is 0 Å². The number of benzene rings is 1. The second-order valence-electron chi connectivity index (χ2n) is 5.25. The number of hydrogen-bond acceptors (Lipinski definition) is 3. The van der Waals surface area contributed by atoms with Gasteiger partial charge in [-0.05, 0) is 36.3 Å². The van der Waals surface area contributed by atoms with Gasteiger partial charge in [-0.15, -0.1) is 0 Å². The molecule has 0 bridgehead atoms. The summed E-state index contributed by atoms with van der Waals surface area (Å²) in [6.45, 7) is 2.13. The number of hydrogen-bond donors (Lipinski definition) is 1. The number of fused-ring (bicyclic) bond motifs is 1. The lowest BCUT2D eigenvalue weighted by molar-refractivity contribution is 0.270. The summed E-state index contributed by atoms with van der Waals surface area (Å²) in [4.78, 5) is 4.34. The third-order valence-electron chi connectivity index (χ3n) is 3.63. The van der Waals surface area contributed by atoms with Gasteiger partial charge < -0.3 is 0 Å².